The third-order valence-electron chi connectivity index (χ3n) is 4.15. The molecule has 0 unspecified atom stereocenters. The Labute approximate surface area is 130 Å². The summed E-state index contributed by atoms with van der Waals surface area (Å²) in [5.41, 5.74) is 2.03. The molecule has 0 saturated carbocycles. The summed E-state index contributed by atoms with van der Waals surface area (Å²) in [4.78, 5) is 23.3. The lowest BCUT2D eigenvalue weighted by Crippen LogP contribution is -2.33. The zero-order chi connectivity index (χ0) is 16.4. The Morgan fingerprint density at radius 3 is 2.77 bits per heavy atom. The van der Waals surface area contributed by atoms with Crippen LogP contribution in [0.15, 0.2) is 35.5 Å². The smallest absolute Gasteiger partial charge is 0.334 e. The van der Waals surface area contributed by atoms with Gasteiger partial charge in [0.1, 0.15) is 12.2 Å². The van der Waals surface area contributed by atoms with E-state index in [9.17, 15) is 14.7 Å². The molecule has 1 aliphatic carbocycles. The lowest BCUT2D eigenvalue weighted by Gasteiger charge is -2.27. The number of hydrogen-bond donors (Lipinski definition) is 1. The van der Waals surface area contributed by atoms with Crippen molar-refractivity contribution in [1.82, 2.24) is 0 Å². The van der Waals surface area contributed by atoms with Gasteiger partial charge in [0.2, 0.25) is 0 Å². The molecule has 1 fully saturated rings. The van der Waals surface area contributed by atoms with Crippen molar-refractivity contribution in [1.29, 1.82) is 0 Å². The van der Waals surface area contributed by atoms with Crippen LogP contribution in [0.5, 0.6) is 0 Å². The minimum atomic E-state index is -0.617. The van der Waals surface area contributed by atoms with Crippen molar-refractivity contribution in [2.75, 3.05) is 0 Å². The SMILES string of the molecule is C=C1C(=O)O[C@@H]2/C=C(\C)[C@H](O)C/C=C(\C)C[C@@H](OC(C)=O)[C@H]12. The predicted molar refractivity (Wildman–Crippen MR) is 80.8 cm³/mol. The molecule has 0 bridgehead atoms. The molecule has 1 aliphatic heterocycles. The van der Waals surface area contributed by atoms with Gasteiger partial charge >= 0.3 is 11.9 Å². The zero-order valence-electron chi connectivity index (χ0n) is 13.2. The number of esters is 2. The highest BCUT2D eigenvalue weighted by Gasteiger charge is 2.44. The van der Waals surface area contributed by atoms with E-state index >= 15 is 0 Å². The summed E-state index contributed by atoms with van der Waals surface area (Å²) in [5, 5.41) is 10.1. The Balaban J connectivity index is 2.43. The van der Waals surface area contributed by atoms with Crippen LogP contribution < -0.4 is 0 Å². The molecule has 4 atom stereocenters. The molecule has 22 heavy (non-hydrogen) atoms. The summed E-state index contributed by atoms with van der Waals surface area (Å²) in [6, 6.07) is 0. The number of ether oxygens (including phenoxy) is 2. The quantitative estimate of drug-likeness (QED) is 0.456. The second-order valence-electron chi connectivity index (χ2n) is 5.99. The maximum atomic E-state index is 11.9. The molecule has 2 aliphatic rings. The standard InChI is InChI=1S/C17H22O5/c1-9-5-6-13(19)10(2)8-15-16(11(3)17(20)22-15)14(7-9)21-12(4)18/h5,8,13-16,19H,3,6-7H2,1-2,4H3/b9-5+,10-8+/t13-,14-,15-,16+/m1/s1. The molecular formula is C17H22O5. The van der Waals surface area contributed by atoms with Crippen LogP contribution in [0.2, 0.25) is 0 Å². The number of aliphatic hydroxyl groups excluding tert-OH is 1. The van der Waals surface area contributed by atoms with Gasteiger partial charge in [0, 0.05) is 18.9 Å². The summed E-state index contributed by atoms with van der Waals surface area (Å²) < 4.78 is 10.8. The molecule has 1 heterocycles. The van der Waals surface area contributed by atoms with Gasteiger partial charge in [-0.15, -0.1) is 0 Å². The number of rotatable bonds is 1. The highest BCUT2D eigenvalue weighted by Crippen LogP contribution is 2.36. The molecule has 2 rings (SSSR count). The average Bonchev–Trinajstić information content (AvgIpc) is 2.69. The monoisotopic (exact) mass is 306 g/mol. The van der Waals surface area contributed by atoms with Gasteiger partial charge in [0.15, 0.2) is 0 Å². The van der Waals surface area contributed by atoms with Gasteiger partial charge in [-0.2, -0.15) is 0 Å². The van der Waals surface area contributed by atoms with E-state index < -0.39 is 36.2 Å². The van der Waals surface area contributed by atoms with Crippen LogP contribution in [0, 0.1) is 5.92 Å². The van der Waals surface area contributed by atoms with Gasteiger partial charge in [-0.05, 0) is 31.9 Å². The minimum Gasteiger partial charge on any atom is -0.461 e. The summed E-state index contributed by atoms with van der Waals surface area (Å²) in [5.74, 6) is -1.31. The molecule has 1 saturated heterocycles. The van der Waals surface area contributed by atoms with E-state index in [2.05, 4.69) is 6.58 Å². The molecule has 0 radical (unpaired) electrons. The van der Waals surface area contributed by atoms with E-state index in [1.807, 2.05) is 13.0 Å². The Kier molecular flexibility index (Phi) is 4.86. The summed E-state index contributed by atoms with van der Waals surface area (Å²) in [7, 11) is 0. The van der Waals surface area contributed by atoms with E-state index in [0.29, 0.717) is 18.4 Å². The Hall–Kier alpha value is -1.88. The number of carbonyl (C=O) groups is 2. The fourth-order valence-electron chi connectivity index (χ4n) is 2.91. The third kappa shape index (κ3) is 3.47. The number of fused-ring (bicyclic) bond motifs is 1. The molecule has 0 aromatic rings. The number of carbonyl (C=O) groups excluding carboxylic acids is 2. The van der Waals surface area contributed by atoms with Crippen LogP contribution in [-0.2, 0) is 19.1 Å². The maximum absolute atomic E-state index is 11.9. The molecule has 5 nitrogen and oxygen atoms in total. The normalized spacial score (nSPS) is 37.3. The first-order chi connectivity index (χ1) is 10.3. The topological polar surface area (TPSA) is 72.8 Å². The van der Waals surface area contributed by atoms with Gasteiger partial charge in [0.25, 0.3) is 0 Å². The van der Waals surface area contributed by atoms with E-state index in [1.54, 1.807) is 13.0 Å². The zero-order valence-corrected chi connectivity index (χ0v) is 13.2. The first-order valence-electron chi connectivity index (χ1n) is 7.38. The van der Waals surface area contributed by atoms with Gasteiger partial charge in [-0.1, -0.05) is 18.2 Å². The first kappa shape index (κ1) is 16.5. The number of aliphatic hydroxyl groups is 1. The van der Waals surface area contributed by atoms with Crippen molar-refractivity contribution in [3.05, 3.63) is 35.5 Å². The van der Waals surface area contributed by atoms with Crippen molar-refractivity contribution >= 4 is 11.9 Å². The van der Waals surface area contributed by atoms with Crippen LogP contribution >= 0.6 is 0 Å². The van der Waals surface area contributed by atoms with E-state index in [1.165, 1.54) is 6.92 Å². The maximum Gasteiger partial charge on any atom is 0.334 e. The highest BCUT2D eigenvalue weighted by atomic mass is 16.6. The molecule has 1 N–H and O–H groups in total. The summed E-state index contributed by atoms with van der Waals surface area (Å²) in [6.45, 7) is 8.85. The lowest BCUT2D eigenvalue weighted by atomic mass is 9.85. The first-order valence-corrected chi connectivity index (χ1v) is 7.38. The molecule has 0 amide bonds. The Morgan fingerprint density at radius 1 is 1.45 bits per heavy atom. The van der Waals surface area contributed by atoms with E-state index in [-0.39, 0.29) is 0 Å². The fraction of sp³-hybridized carbons (Fsp3) is 0.529. The molecule has 0 aromatic carbocycles. The van der Waals surface area contributed by atoms with Crippen LogP contribution in [0.3, 0.4) is 0 Å². The van der Waals surface area contributed by atoms with Crippen LogP contribution in [0.25, 0.3) is 0 Å². The van der Waals surface area contributed by atoms with E-state index in [4.69, 9.17) is 9.47 Å². The van der Waals surface area contributed by atoms with Gasteiger partial charge < -0.3 is 14.6 Å². The number of hydrogen-bond acceptors (Lipinski definition) is 5. The second-order valence-corrected chi connectivity index (χ2v) is 5.99. The molecule has 120 valence electrons. The van der Waals surface area contributed by atoms with E-state index in [0.717, 1.165) is 11.1 Å². The molecule has 0 aromatic heterocycles. The van der Waals surface area contributed by atoms with Crippen molar-refractivity contribution in [3.63, 3.8) is 0 Å². The summed E-state index contributed by atoms with van der Waals surface area (Å²) in [6.07, 6.45) is 2.94. The van der Waals surface area contributed by atoms with Crippen molar-refractivity contribution in [2.45, 2.75) is 51.9 Å². The van der Waals surface area contributed by atoms with Gasteiger partial charge in [-0.25, -0.2) is 4.79 Å². The third-order valence-corrected chi connectivity index (χ3v) is 4.15. The molecular weight excluding hydrogens is 284 g/mol. The van der Waals surface area contributed by atoms with Crippen molar-refractivity contribution in [3.8, 4) is 0 Å². The fourth-order valence-corrected chi connectivity index (χ4v) is 2.91. The molecule has 5 heteroatoms. The van der Waals surface area contributed by atoms with Crippen LogP contribution in [0.1, 0.15) is 33.6 Å². The Morgan fingerprint density at radius 2 is 2.14 bits per heavy atom. The van der Waals surface area contributed by atoms with Crippen molar-refractivity contribution in [2.24, 2.45) is 5.92 Å². The predicted octanol–water partition coefficient (Wildman–Crippen LogP) is 2.06. The minimum absolute atomic E-state index is 0.308. The Bertz CT molecular complexity index is 557. The highest BCUT2D eigenvalue weighted by molar-refractivity contribution is 5.91. The van der Waals surface area contributed by atoms with Crippen molar-refractivity contribution < 1.29 is 24.2 Å². The summed E-state index contributed by atoms with van der Waals surface area (Å²) >= 11 is 0. The van der Waals surface area contributed by atoms with Gasteiger partial charge in [-0.3, -0.25) is 4.79 Å². The largest absolute Gasteiger partial charge is 0.461 e. The molecule has 0 spiro atoms. The second kappa shape index (κ2) is 6.48. The average molecular weight is 306 g/mol. The lowest BCUT2D eigenvalue weighted by molar-refractivity contribution is -0.149. The van der Waals surface area contributed by atoms with Gasteiger partial charge in [0.05, 0.1) is 12.0 Å². The van der Waals surface area contributed by atoms with Crippen LogP contribution in [-0.4, -0.2) is 35.4 Å². The van der Waals surface area contributed by atoms with Crippen LogP contribution in [0.4, 0.5) is 0 Å².